The molecule has 0 saturated heterocycles. The summed E-state index contributed by atoms with van der Waals surface area (Å²) in [6.45, 7) is 1.42. The van der Waals surface area contributed by atoms with E-state index in [9.17, 15) is 5.26 Å². The normalized spacial score (nSPS) is 13.9. The molecule has 1 aromatic carbocycles. The van der Waals surface area contributed by atoms with Crippen LogP contribution in [0.4, 0.5) is 5.82 Å². The summed E-state index contributed by atoms with van der Waals surface area (Å²) in [5, 5.41) is 17.5. The van der Waals surface area contributed by atoms with Crippen molar-refractivity contribution in [3.05, 3.63) is 41.1 Å². The van der Waals surface area contributed by atoms with Crippen molar-refractivity contribution in [2.75, 3.05) is 19.0 Å². The van der Waals surface area contributed by atoms with Crippen molar-refractivity contribution in [1.29, 1.82) is 5.26 Å². The van der Waals surface area contributed by atoms with E-state index in [1.807, 2.05) is 28.9 Å². The molecule has 0 radical (unpaired) electrons. The Kier molecular flexibility index (Phi) is 3.89. The molecular formula is C16H18N4O. The highest BCUT2D eigenvalue weighted by Crippen LogP contribution is 2.29. The van der Waals surface area contributed by atoms with Crippen LogP contribution < -0.4 is 5.32 Å². The summed E-state index contributed by atoms with van der Waals surface area (Å²) in [4.78, 5) is 0. The fraction of sp³-hybridized carbons (Fsp3) is 0.375. The average molecular weight is 282 g/mol. The monoisotopic (exact) mass is 282 g/mol. The van der Waals surface area contributed by atoms with Crippen molar-refractivity contribution in [3.63, 3.8) is 0 Å². The van der Waals surface area contributed by atoms with Crippen LogP contribution in [0.25, 0.3) is 5.69 Å². The van der Waals surface area contributed by atoms with Gasteiger partial charge >= 0.3 is 0 Å². The number of hydrogen-bond donors (Lipinski definition) is 1. The molecule has 0 saturated carbocycles. The van der Waals surface area contributed by atoms with Crippen LogP contribution in [-0.4, -0.2) is 23.4 Å². The number of hydrogen-bond acceptors (Lipinski definition) is 4. The second kappa shape index (κ2) is 5.98. The van der Waals surface area contributed by atoms with E-state index in [1.165, 1.54) is 5.56 Å². The molecule has 5 heteroatoms. The lowest BCUT2D eigenvalue weighted by atomic mass is 10.1. The van der Waals surface area contributed by atoms with Gasteiger partial charge in [-0.3, -0.25) is 0 Å². The van der Waals surface area contributed by atoms with Gasteiger partial charge in [0, 0.05) is 19.2 Å². The SMILES string of the molecule is COCc1nn(-c2ccccc2C#N)c2c1CCCCN2. The van der Waals surface area contributed by atoms with Crippen LogP contribution in [0.1, 0.15) is 29.7 Å². The second-order valence-electron chi connectivity index (χ2n) is 5.13. The van der Waals surface area contributed by atoms with Crippen LogP contribution in [0, 0.1) is 11.3 Å². The Balaban J connectivity index is 2.16. The average Bonchev–Trinajstić information content (AvgIpc) is 2.71. The molecule has 3 rings (SSSR count). The summed E-state index contributed by atoms with van der Waals surface area (Å²) in [6.07, 6.45) is 3.28. The first-order valence-electron chi connectivity index (χ1n) is 7.18. The van der Waals surface area contributed by atoms with Crippen LogP contribution >= 0.6 is 0 Å². The zero-order chi connectivity index (χ0) is 14.7. The second-order valence-corrected chi connectivity index (χ2v) is 5.13. The highest BCUT2D eigenvalue weighted by atomic mass is 16.5. The lowest BCUT2D eigenvalue weighted by Crippen LogP contribution is -2.08. The predicted molar refractivity (Wildman–Crippen MR) is 80.4 cm³/mol. The van der Waals surface area contributed by atoms with Crippen molar-refractivity contribution in [1.82, 2.24) is 9.78 Å². The van der Waals surface area contributed by atoms with Crippen LogP contribution in [0.2, 0.25) is 0 Å². The lowest BCUT2D eigenvalue weighted by molar-refractivity contribution is 0.180. The van der Waals surface area contributed by atoms with Gasteiger partial charge < -0.3 is 10.1 Å². The summed E-state index contributed by atoms with van der Waals surface area (Å²) >= 11 is 0. The van der Waals surface area contributed by atoms with Gasteiger partial charge in [0.25, 0.3) is 0 Å². The molecule has 21 heavy (non-hydrogen) atoms. The highest BCUT2D eigenvalue weighted by Gasteiger charge is 2.21. The number of ether oxygens (including phenoxy) is 1. The maximum absolute atomic E-state index is 9.31. The quantitative estimate of drug-likeness (QED) is 0.940. The van der Waals surface area contributed by atoms with Crippen molar-refractivity contribution in [2.45, 2.75) is 25.9 Å². The smallest absolute Gasteiger partial charge is 0.133 e. The fourth-order valence-electron chi connectivity index (χ4n) is 2.75. The van der Waals surface area contributed by atoms with E-state index >= 15 is 0 Å². The molecule has 0 aliphatic carbocycles. The number of fused-ring (bicyclic) bond motifs is 1. The molecular weight excluding hydrogens is 264 g/mol. The number of nitrogens with one attached hydrogen (secondary N) is 1. The Labute approximate surface area is 124 Å². The van der Waals surface area contributed by atoms with E-state index in [-0.39, 0.29) is 0 Å². The van der Waals surface area contributed by atoms with Gasteiger partial charge in [-0.25, -0.2) is 4.68 Å². The maximum atomic E-state index is 9.31. The van der Waals surface area contributed by atoms with E-state index in [0.29, 0.717) is 12.2 Å². The molecule has 0 amide bonds. The third-order valence-corrected chi connectivity index (χ3v) is 3.75. The van der Waals surface area contributed by atoms with Gasteiger partial charge in [-0.15, -0.1) is 0 Å². The first kappa shape index (κ1) is 13.7. The number of methoxy groups -OCH3 is 1. The van der Waals surface area contributed by atoms with Crippen LogP contribution in [0.3, 0.4) is 0 Å². The van der Waals surface area contributed by atoms with Crippen LogP contribution in [0.15, 0.2) is 24.3 Å². The molecule has 1 N–H and O–H groups in total. The Morgan fingerprint density at radius 2 is 2.24 bits per heavy atom. The van der Waals surface area contributed by atoms with Gasteiger partial charge in [-0.05, 0) is 31.4 Å². The molecule has 1 aliphatic rings. The third kappa shape index (κ3) is 2.50. The molecule has 0 fully saturated rings. The van der Waals surface area contributed by atoms with Gasteiger partial charge in [0.05, 0.1) is 23.6 Å². The van der Waals surface area contributed by atoms with Gasteiger partial charge in [0.2, 0.25) is 0 Å². The van der Waals surface area contributed by atoms with Crippen LogP contribution in [0.5, 0.6) is 0 Å². The number of nitrogens with zero attached hydrogens (tertiary/aromatic N) is 3. The number of benzene rings is 1. The maximum Gasteiger partial charge on any atom is 0.133 e. The third-order valence-electron chi connectivity index (χ3n) is 3.75. The molecule has 2 heterocycles. The molecule has 1 aromatic heterocycles. The Morgan fingerprint density at radius 1 is 1.38 bits per heavy atom. The zero-order valence-corrected chi connectivity index (χ0v) is 12.1. The number of anilines is 1. The van der Waals surface area contributed by atoms with Crippen molar-refractivity contribution in [2.24, 2.45) is 0 Å². The first-order chi connectivity index (χ1) is 10.3. The lowest BCUT2D eigenvalue weighted by Gasteiger charge is -2.10. The van der Waals surface area contributed by atoms with Gasteiger partial charge in [0.1, 0.15) is 11.9 Å². The summed E-state index contributed by atoms with van der Waals surface area (Å²) in [5.41, 5.74) is 3.60. The predicted octanol–water partition coefficient (Wildman–Crippen LogP) is 2.64. The molecule has 1 aliphatic heterocycles. The van der Waals surface area contributed by atoms with Crippen LogP contribution in [-0.2, 0) is 17.8 Å². The molecule has 108 valence electrons. The minimum Gasteiger partial charge on any atom is -0.378 e. The van der Waals surface area contributed by atoms with Gasteiger partial charge in [-0.1, -0.05) is 12.1 Å². The zero-order valence-electron chi connectivity index (χ0n) is 12.1. The summed E-state index contributed by atoms with van der Waals surface area (Å²) in [6, 6.07) is 9.78. The molecule has 2 aromatic rings. The Bertz CT molecular complexity index is 684. The van der Waals surface area contributed by atoms with E-state index in [2.05, 4.69) is 16.5 Å². The Hall–Kier alpha value is -2.32. The van der Waals surface area contributed by atoms with Gasteiger partial charge in [0.15, 0.2) is 0 Å². The summed E-state index contributed by atoms with van der Waals surface area (Å²) < 4.78 is 7.13. The van der Waals surface area contributed by atoms with E-state index in [1.54, 1.807) is 7.11 Å². The molecule has 5 nitrogen and oxygen atoms in total. The topological polar surface area (TPSA) is 62.9 Å². The minimum absolute atomic E-state index is 0.492. The van der Waals surface area contributed by atoms with Gasteiger partial charge in [-0.2, -0.15) is 10.4 Å². The first-order valence-corrected chi connectivity index (χ1v) is 7.18. The number of aromatic nitrogens is 2. The number of nitriles is 1. The molecule has 0 spiro atoms. The standard InChI is InChI=1S/C16H18N4O/c1-21-11-14-13-7-4-5-9-18-16(13)20(19-14)15-8-3-2-6-12(15)10-17/h2-3,6,8,18H,4-5,7,9,11H2,1H3. The van der Waals surface area contributed by atoms with Crippen molar-refractivity contribution >= 4 is 5.82 Å². The van der Waals surface area contributed by atoms with E-state index < -0.39 is 0 Å². The largest absolute Gasteiger partial charge is 0.378 e. The Morgan fingerprint density at radius 3 is 3.05 bits per heavy atom. The van der Waals surface area contributed by atoms with E-state index in [0.717, 1.165) is 43.0 Å². The molecule has 0 unspecified atom stereocenters. The van der Waals surface area contributed by atoms with Crippen molar-refractivity contribution in [3.8, 4) is 11.8 Å². The number of rotatable bonds is 3. The van der Waals surface area contributed by atoms with Crippen molar-refractivity contribution < 1.29 is 4.74 Å². The summed E-state index contributed by atoms with van der Waals surface area (Å²) in [5.74, 6) is 1.00. The molecule has 0 atom stereocenters. The fourth-order valence-corrected chi connectivity index (χ4v) is 2.75. The van der Waals surface area contributed by atoms with E-state index in [4.69, 9.17) is 4.74 Å². The highest BCUT2D eigenvalue weighted by molar-refractivity contribution is 5.58. The number of para-hydroxylation sites is 1. The molecule has 0 bridgehead atoms. The minimum atomic E-state index is 0.492. The summed E-state index contributed by atoms with van der Waals surface area (Å²) in [7, 11) is 1.68.